The second-order valence-electron chi connectivity index (χ2n) is 4.94. The highest BCUT2D eigenvalue weighted by molar-refractivity contribution is 5.16. The first-order chi connectivity index (χ1) is 7.69. The normalized spacial score (nSPS) is 20.2. The molecule has 1 heterocycles. The van der Waals surface area contributed by atoms with Gasteiger partial charge in [-0.25, -0.2) is 0 Å². The van der Waals surface area contributed by atoms with E-state index < -0.39 is 0 Å². The zero-order valence-electron chi connectivity index (χ0n) is 11.4. The Kier molecular flexibility index (Phi) is 6.07. The molecule has 2 heteroatoms. The van der Waals surface area contributed by atoms with Crippen molar-refractivity contribution < 1.29 is 4.74 Å². The van der Waals surface area contributed by atoms with Crippen LogP contribution in [0.15, 0.2) is 11.1 Å². The molecule has 2 nitrogen and oxygen atoms in total. The van der Waals surface area contributed by atoms with Crippen LogP contribution in [0.1, 0.15) is 46.5 Å². The van der Waals surface area contributed by atoms with E-state index in [1.165, 1.54) is 38.8 Å². The van der Waals surface area contributed by atoms with Crippen LogP contribution in [-0.4, -0.2) is 37.7 Å². The van der Waals surface area contributed by atoms with Gasteiger partial charge < -0.3 is 4.74 Å². The van der Waals surface area contributed by atoms with Crippen molar-refractivity contribution in [3.05, 3.63) is 11.1 Å². The predicted molar refractivity (Wildman–Crippen MR) is 69.8 cm³/mol. The van der Waals surface area contributed by atoms with E-state index >= 15 is 0 Å². The molecule has 94 valence electrons. The molecule has 1 rings (SSSR count). The summed E-state index contributed by atoms with van der Waals surface area (Å²) in [6, 6.07) is 0.698. The van der Waals surface area contributed by atoms with Crippen LogP contribution in [0, 0.1) is 0 Å². The van der Waals surface area contributed by atoms with Gasteiger partial charge in [0, 0.05) is 32.8 Å². The second-order valence-corrected chi connectivity index (χ2v) is 4.94. The van der Waals surface area contributed by atoms with Gasteiger partial charge in [0.1, 0.15) is 0 Å². The molecule has 0 fully saturated rings. The van der Waals surface area contributed by atoms with E-state index in [-0.39, 0.29) is 0 Å². The lowest BCUT2D eigenvalue weighted by Crippen LogP contribution is -2.38. The van der Waals surface area contributed by atoms with Crippen molar-refractivity contribution in [2.45, 2.75) is 52.5 Å². The lowest BCUT2D eigenvalue weighted by atomic mass is 9.97. The highest BCUT2D eigenvalue weighted by atomic mass is 16.5. The zero-order valence-corrected chi connectivity index (χ0v) is 11.4. The van der Waals surface area contributed by atoms with Gasteiger partial charge in [-0.05, 0) is 39.5 Å². The number of rotatable bonds is 6. The first-order valence-electron chi connectivity index (χ1n) is 6.59. The van der Waals surface area contributed by atoms with Crippen LogP contribution < -0.4 is 0 Å². The number of hydrogen-bond acceptors (Lipinski definition) is 2. The molecule has 0 amide bonds. The summed E-state index contributed by atoms with van der Waals surface area (Å²) in [5, 5.41) is 0. The van der Waals surface area contributed by atoms with Crippen molar-refractivity contribution in [3.63, 3.8) is 0 Å². The van der Waals surface area contributed by atoms with Crippen LogP contribution in [0.5, 0.6) is 0 Å². The molecular weight excluding hydrogens is 198 g/mol. The van der Waals surface area contributed by atoms with Gasteiger partial charge in [0.2, 0.25) is 0 Å². The molecule has 1 unspecified atom stereocenters. The quantitative estimate of drug-likeness (QED) is 0.508. The molecule has 0 aromatic rings. The topological polar surface area (TPSA) is 12.5 Å². The van der Waals surface area contributed by atoms with E-state index in [4.69, 9.17) is 4.74 Å². The summed E-state index contributed by atoms with van der Waals surface area (Å²) in [6.07, 6.45) is 4.94. The van der Waals surface area contributed by atoms with Gasteiger partial charge in [-0.2, -0.15) is 0 Å². The summed E-state index contributed by atoms with van der Waals surface area (Å²) < 4.78 is 5.11. The molecular formula is C14H27NO. The van der Waals surface area contributed by atoms with E-state index in [0.29, 0.717) is 6.04 Å². The molecule has 0 aromatic carbocycles. The van der Waals surface area contributed by atoms with Crippen molar-refractivity contribution in [1.29, 1.82) is 0 Å². The Morgan fingerprint density at radius 1 is 1.44 bits per heavy atom. The average Bonchev–Trinajstić information content (AvgIpc) is 2.29. The summed E-state index contributed by atoms with van der Waals surface area (Å²) in [4.78, 5) is 2.62. The molecule has 0 aliphatic carbocycles. The first-order valence-corrected chi connectivity index (χ1v) is 6.59. The second kappa shape index (κ2) is 7.08. The molecule has 1 aliphatic rings. The number of hydrogen-bond donors (Lipinski definition) is 0. The van der Waals surface area contributed by atoms with Crippen molar-refractivity contribution in [1.82, 2.24) is 4.90 Å². The fourth-order valence-electron chi connectivity index (χ4n) is 2.55. The van der Waals surface area contributed by atoms with E-state index in [0.717, 1.165) is 6.61 Å². The van der Waals surface area contributed by atoms with E-state index in [1.807, 2.05) is 0 Å². The molecule has 1 atom stereocenters. The number of nitrogens with zero attached hydrogens (tertiary/aromatic N) is 1. The zero-order chi connectivity index (χ0) is 12.0. The Labute approximate surface area is 101 Å². The third-order valence-electron chi connectivity index (χ3n) is 3.77. The summed E-state index contributed by atoms with van der Waals surface area (Å²) >= 11 is 0. The molecule has 0 bridgehead atoms. The standard InChI is InChI=1S/C14H27NO/c1-5-14-8-9-15(11-12(14)2)13(3)7-6-10-16-4/h13H,5-11H2,1-4H3. The molecule has 0 aromatic heterocycles. The van der Waals surface area contributed by atoms with Crippen LogP contribution >= 0.6 is 0 Å². The average molecular weight is 225 g/mol. The van der Waals surface area contributed by atoms with E-state index in [9.17, 15) is 0 Å². The minimum absolute atomic E-state index is 0.698. The van der Waals surface area contributed by atoms with E-state index in [2.05, 4.69) is 25.7 Å². The third-order valence-corrected chi connectivity index (χ3v) is 3.77. The first kappa shape index (κ1) is 13.7. The fraction of sp³-hybridized carbons (Fsp3) is 0.857. The maximum Gasteiger partial charge on any atom is 0.0462 e. The predicted octanol–water partition coefficient (Wildman–Crippen LogP) is 3.23. The minimum Gasteiger partial charge on any atom is -0.385 e. The summed E-state index contributed by atoms with van der Waals surface area (Å²) in [5.41, 5.74) is 3.28. The van der Waals surface area contributed by atoms with Crippen LogP contribution in [0.3, 0.4) is 0 Å². The van der Waals surface area contributed by atoms with Crippen molar-refractivity contribution in [2.75, 3.05) is 26.8 Å². The molecule has 0 spiro atoms. The SMILES string of the molecule is CCC1=C(C)CN(C(C)CCCOC)CC1. The van der Waals surface area contributed by atoms with Gasteiger partial charge in [-0.15, -0.1) is 0 Å². The van der Waals surface area contributed by atoms with Crippen LogP contribution in [0.25, 0.3) is 0 Å². The van der Waals surface area contributed by atoms with Crippen LogP contribution in [0.4, 0.5) is 0 Å². The van der Waals surface area contributed by atoms with Gasteiger partial charge in [-0.3, -0.25) is 4.90 Å². The maximum atomic E-state index is 5.11. The summed E-state index contributed by atoms with van der Waals surface area (Å²) in [7, 11) is 1.78. The van der Waals surface area contributed by atoms with Crippen LogP contribution in [0.2, 0.25) is 0 Å². The fourth-order valence-corrected chi connectivity index (χ4v) is 2.55. The van der Waals surface area contributed by atoms with Crippen LogP contribution in [-0.2, 0) is 4.74 Å². The van der Waals surface area contributed by atoms with Gasteiger partial charge >= 0.3 is 0 Å². The molecule has 0 saturated carbocycles. The largest absolute Gasteiger partial charge is 0.385 e. The Bertz CT molecular complexity index is 235. The third kappa shape index (κ3) is 3.91. The monoisotopic (exact) mass is 225 g/mol. The van der Waals surface area contributed by atoms with Gasteiger partial charge in [0.05, 0.1) is 0 Å². The highest BCUT2D eigenvalue weighted by Gasteiger charge is 2.19. The Morgan fingerprint density at radius 2 is 2.19 bits per heavy atom. The Morgan fingerprint density at radius 3 is 2.75 bits per heavy atom. The van der Waals surface area contributed by atoms with Gasteiger partial charge in [-0.1, -0.05) is 18.1 Å². The summed E-state index contributed by atoms with van der Waals surface area (Å²) in [6.45, 7) is 10.2. The Hall–Kier alpha value is -0.340. The minimum atomic E-state index is 0.698. The maximum absolute atomic E-state index is 5.11. The smallest absolute Gasteiger partial charge is 0.0462 e. The lowest BCUT2D eigenvalue weighted by molar-refractivity contribution is 0.163. The molecule has 0 radical (unpaired) electrons. The highest BCUT2D eigenvalue weighted by Crippen LogP contribution is 2.22. The molecule has 16 heavy (non-hydrogen) atoms. The number of methoxy groups -OCH3 is 1. The van der Waals surface area contributed by atoms with Crippen molar-refractivity contribution in [2.24, 2.45) is 0 Å². The van der Waals surface area contributed by atoms with Crippen molar-refractivity contribution >= 4 is 0 Å². The number of ether oxygens (including phenoxy) is 1. The Balaban J connectivity index is 2.37. The van der Waals surface area contributed by atoms with Gasteiger partial charge in [0.25, 0.3) is 0 Å². The summed E-state index contributed by atoms with van der Waals surface area (Å²) in [5.74, 6) is 0. The lowest BCUT2D eigenvalue weighted by Gasteiger charge is -2.34. The van der Waals surface area contributed by atoms with E-state index in [1.54, 1.807) is 18.3 Å². The molecule has 0 N–H and O–H groups in total. The van der Waals surface area contributed by atoms with Gasteiger partial charge in [0.15, 0.2) is 0 Å². The molecule has 0 saturated heterocycles. The van der Waals surface area contributed by atoms with Crippen molar-refractivity contribution in [3.8, 4) is 0 Å². The molecule has 1 aliphatic heterocycles.